The second-order valence-corrected chi connectivity index (χ2v) is 4.44. The van der Waals surface area contributed by atoms with Gasteiger partial charge in [0.05, 0.1) is 4.92 Å². The fourth-order valence-corrected chi connectivity index (χ4v) is 2.04. The number of rotatable bonds is 3. The summed E-state index contributed by atoms with van der Waals surface area (Å²) in [4.78, 5) is 18.0. The third-order valence-corrected chi connectivity index (χ3v) is 2.91. The van der Waals surface area contributed by atoms with Crippen molar-refractivity contribution < 1.29 is 19.1 Å². The van der Waals surface area contributed by atoms with E-state index < -0.39 is 4.92 Å². The smallest absolute Gasteiger partial charge is 0.352 e. The number of benzene rings is 1. The first-order valence-electron chi connectivity index (χ1n) is 5.80. The summed E-state index contributed by atoms with van der Waals surface area (Å²) in [6, 6.07) is 4.78. The zero-order chi connectivity index (χ0) is 15.0. The molecule has 2 heterocycles. The van der Waals surface area contributed by atoms with E-state index >= 15 is 0 Å². The minimum atomic E-state index is -0.617. The van der Waals surface area contributed by atoms with Crippen LogP contribution in [0.5, 0.6) is 23.1 Å². The lowest BCUT2D eigenvalue weighted by Crippen LogP contribution is -2.01. The van der Waals surface area contributed by atoms with Gasteiger partial charge in [-0.1, -0.05) is 0 Å². The van der Waals surface area contributed by atoms with Gasteiger partial charge in [-0.3, -0.25) is 10.1 Å². The Bertz CT molecular complexity index is 737. The fraction of sp³-hybridized carbons (Fsp3) is 0.167. The van der Waals surface area contributed by atoms with Gasteiger partial charge in [0.25, 0.3) is 0 Å². The molecule has 108 valence electrons. The lowest BCUT2D eigenvalue weighted by molar-refractivity contribution is -0.386. The van der Waals surface area contributed by atoms with Crippen LogP contribution in [0, 0.1) is 17.0 Å². The average molecular weight is 310 g/mol. The summed E-state index contributed by atoms with van der Waals surface area (Å²) < 4.78 is 15.8. The molecule has 0 bridgehead atoms. The van der Waals surface area contributed by atoms with Crippen LogP contribution < -0.4 is 14.2 Å². The molecule has 3 rings (SSSR count). The Morgan fingerprint density at radius 3 is 2.86 bits per heavy atom. The Kier molecular flexibility index (Phi) is 3.22. The topological polar surface area (TPSA) is 96.6 Å². The maximum atomic E-state index is 11.1. The van der Waals surface area contributed by atoms with E-state index in [9.17, 15) is 10.1 Å². The van der Waals surface area contributed by atoms with Gasteiger partial charge >= 0.3 is 11.6 Å². The van der Waals surface area contributed by atoms with E-state index in [2.05, 4.69) is 9.97 Å². The highest BCUT2D eigenvalue weighted by Crippen LogP contribution is 2.38. The zero-order valence-electron chi connectivity index (χ0n) is 10.7. The van der Waals surface area contributed by atoms with Crippen LogP contribution in [-0.4, -0.2) is 21.7 Å². The summed E-state index contributed by atoms with van der Waals surface area (Å²) in [5.41, 5.74) is -0.215. The molecule has 1 aliphatic rings. The van der Waals surface area contributed by atoms with Crippen LogP contribution in [0.1, 0.15) is 5.69 Å². The van der Waals surface area contributed by atoms with Gasteiger partial charge in [-0.15, -0.1) is 0 Å². The molecular weight excluding hydrogens is 302 g/mol. The highest BCUT2D eigenvalue weighted by atomic mass is 35.5. The minimum Gasteiger partial charge on any atom is -0.454 e. The van der Waals surface area contributed by atoms with Crippen LogP contribution in [0.3, 0.4) is 0 Å². The molecule has 2 aromatic rings. The van der Waals surface area contributed by atoms with E-state index in [1.807, 2.05) is 0 Å². The van der Waals surface area contributed by atoms with Crippen molar-refractivity contribution in [1.29, 1.82) is 0 Å². The van der Waals surface area contributed by atoms with Gasteiger partial charge in [-0.25, -0.2) is 4.98 Å². The van der Waals surface area contributed by atoms with Crippen LogP contribution in [0.25, 0.3) is 0 Å². The van der Waals surface area contributed by atoms with Crippen molar-refractivity contribution in [1.82, 2.24) is 9.97 Å². The predicted molar refractivity (Wildman–Crippen MR) is 71.1 cm³/mol. The molecule has 0 saturated carbocycles. The predicted octanol–water partition coefficient (Wildman–Crippen LogP) is 2.87. The van der Waals surface area contributed by atoms with E-state index in [0.717, 1.165) is 0 Å². The van der Waals surface area contributed by atoms with Crippen LogP contribution in [0.2, 0.25) is 5.28 Å². The Balaban J connectivity index is 1.99. The van der Waals surface area contributed by atoms with Gasteiger partial charge < -0.3 is 14.2 Å². The zero-order valence-corrected chi connectivity index (χ0v) is 11.5. The number of hydrogen-bond acceptors (Lipinski definition) is 7. The number of aryl methyl sites for hydroxylation is 1. The summed E-state index contributed by atoms with van der Waals surface area (Å²) in [6.45, 7) is 1.58. The van der Waals surface area contributed by atoms with Gasteiger partial charge in [0.15, 0.2) is 11.5 Å². The lowest BCUT2D eigenvalue weighted by atomic mass is 10.3. The minimum absolute atomic E-state index is 0.121. The number of nitro groups is 1. The van der Waals surface area contributed by atoms with E-state index in [4.69, 9.17) is 25.8 Å². The van der Waals surface area contributed by atoms with Crippen LogP contribution >= 0.6 is 11.6 Å². The molecular formula is C12H8ClN3O5. The molecule has 0 saturated heterocycles. The van der Waals surface area contributed by atoms with Crippen molar-refractivity contribution in [2.24, 2.45) is 0 Å². The third-order valence-electron chi connectivity index (χ3n) is 2.74. The number of nitrogens with zero attached hydrogens (tertiary/aromatic N) is 3. The Hall–Kier alpha value is -2.61. The quantitative estimate of drug-likeness (QED) is 0.488. The standard InChI is InChI=1S/C12H8ClN3O5/c1-6-10(16(17)18)11(15-12(13)14-6)21-7-2-3-8-9(4-7)20-5-19-8/h2-4H,5H2,1H3. The molecule has 0 atom stereocenters. The maximum absolute atomic E-state index is 11.1. The largest absolute Gasteiger partial charge is 0.454 e. The molecule has 1 aromatic carbocycles. The summed E-state index contributed by atoms with van der Waals surface area (Å²) in [6.07, 6.45) is 0. The van der Waals surface area contributed by atoms with Gasteiger partial charge in [0.1, 0.15) is 11.4 Å². The Morgan fingerprint density at radius 2 is 2.10 bits per heavy atom. The van der Waals surface area contributed by atoms with Gasteiger partial charge in [0, 0.05) is 6.07 Å². The highest BCUT2D eigenvalue weighted by molar-refractivity contribution is 6.28. The van der Waals surface area contributed by atoms with Crippen molar-refractivity contribution in [3.8, 4) is 23.1 Å². The first-order chi connectivity index (χ1) is 10.0. The second-order valence-electron chi connectivity index (χ2n) is 4.11. The van der Waals surface area contributed by atoms with Crippen molar-refractivity contribution in [2.45, 2.75) is 6.92 Å². The van der Waals surface area contributed by atoms with Crippen molar-refractivity contribution in [3.05, 3.63) is 39.3 Å². The summed E-state index contributed by atoms with van der Waals surface area (Å²) in [7, 11) is 0. The van der Waals surface area contributed by atoms with Crippen molar-refractivity contribution in [3.63, 3.8) is 0 Å². The lowest BCUT2D eigenvalue weighted by Gasteiger charge is -2.07. The molecule has 0 amide bonds. The third kappa shape index (κ3) is 2.52. The van der Waals surface area contributed by atoms with E-state index in [1.165, 1.54) is 6.92 Å². The number of aromatic nitrogens is 2. The van der Waals surface area contributed by atoms with Crippen molar-refractivity contribution in [2.75, 3.05) is 6.79 Å². The summed E-state index contributed by atoms with van der Waals surface area (Å²) in [5, 5.41) is 11.0. The molecule has 0 aliphatic carbocycles. The molecule has 1 aromatic heterocycles. The van der Waals surface area contributed by atoms with E-state index in [1.54, 1.807) is 18.2 Å². The summed E-state index contributed by atoms with van der Waals surface area (Å²) in [5.74, 6) is 1.16. The average Bonchev–Trinajstić information content (AvgIpc) is 2.84. The van der Waals surface area contributed by atoms with Crippen LogP contribution in [0.4, 0.5) is 5.69 Å². The molecule has 9 heteroatoms. The Labute approximate surface area is 123 Å². The first-order valence-corrected chi connectivity index (χ1v) is 6.18. The fourth-order valence-electron chi connectivity index (χ4n) is 1.84. The molecule has 1 aliphatic heterocycles. The first kappa shape index (κ1) is 13.4. The molecule has 0 N–H and O–H groups in total. The van der Waals surface area contributed by atoms with Crippen molar-refractivity contribution >= 4 is 17.3 Å². The SMILES string of the molecule is Cc1nc(Cl)nc(Oc2ccc3c(c2)OCO3)c1[N+](=O)[O-]. The number of hydrogen-bond donors (Lipinski definition) is 0. The molecule has 0 unspecified atom stereocenters. The molecule has 0 fully saturated rings. The molecule has 0 radical (unpaired) electrons. The monoisotopic (exact) mass is 309 g/mol. The second kappa shape index (κ2) is 5.06. The molecule has 21 heavy (non-hydrogen) atoms. The van der Waals surface area contributed by atoms with Gasteiger partial charge in [-0.2, -0.15) is 4.98 Å². The number of fused-ring (bicyclic) bond motifs is 1. The number of halogens is 1. The van der Waals surface area contributed by atoms with E-state index in [-0.39, 0.29) is 29.3 Å². The normalized spacial score (nSPS) is 12.3. The highest BCUT2D eigenvalue weighted by Gasteiger charge is 2.24. The Morgan fingerprint density at radius 1 is 1.33 bits per heavy atom. The molecule has 8 nitrogen and oxygen atoms in total. The van der Waals surface area contributed by atoms with Gasteiger partial charge in [0.2, 0.25) is 12.1 Å². The maximum Gasteiger partial charge on any atom is 0.352 e. The number of ether oxygens (including phenoxy) is 3. The van der Waals surface area contributed by atoms with Crippen LogP contribution in [0.15, 0.2) is 18.2 Å². The van der Waals surface area contributed by atoms with Gasteiger partial charge in [-0.05, 0) is 30.7 Å². The molecule has 0 spiro atoms. The van der Waals surface area contributed by atoms with E-state index in [0.29, 0.717) is 17.2 Å². The van der Waals surface area contributed by atoms with Crippen LogP contribution in [-0.2, 0) is 0 Å². The summed E-state index contributed by atoms with van der Waals surface area (Å²) >= 11 is 5.72.